The molecule has 0 aliphatic rings. The van der Waals surface area contributed by atoms with Gasteiger partial charge >= 0.3 is 0 Å². The quantitative estimate of drug-likeness (QED) is 0.461. The number of nitrogens with one attached hydrogen (secondary N) is 1. The summed E-state index contributed by atoms with van der Waals surface area (Å²) in [5, 5.41) is 10.8. The number of hydrogen-bond donors (Lipinski definition) is 1. The minimum Gasteiger partial charge on any atom is -0.384 e. The van der Waals surface area contributed by atoms with Crippen LogP contribution in [-0.2, 0) is 9.47 Å². The molecule has 6 nitrogen and oxygen atoms in total. The molecule has 0 atom stereocenters. The van der Waals surface area contributed by atoms with E-state index in [0.29, 0.717) is 18.8 Å². The summed E-state index contributed by atoms with van der Waals surface area (Å²) in [7, 11) is 3.07. The highest BCUT2D eigenvalue weighted by Gasteiger charge is 2.19. The maximum atomic E-state index is 12.4. The number of nitro benzene ring substituents is 1. The molecule has 1 N–H and O–H groups in total. The first kappa shape index (κ1) is 14.3. The van der Waals surface area contributed by atoms with Gasteiger partial charge in [0.15, 0.2) is 0 Å². The third-order valence-corrected chi connectivity index (χ3v) is 2.53. The fraction of sp³-hybridized carbons (Fsp3) is 0.455. The van der Waals surface area contributed by atoms with E-state index < -0.39 is 4.92 Å². The van der Waals surface area contributed by atoms with Crippen LogP contribution in [0.2, 0.25) is 0 Å². The zero-order chi connectivity index (χ0) is 13.5. The molecule has 0 bridgehead atoms. The molecule has 0 fully saturated rings. The van der Waals surface area contributed by atoms with Gasteiger partial charge in [0.25, 0.3) is 5.69 Å². The molecule has 7 heteroatoms. The van der Waals surface area contributed by atoms with Crippen LogP contribution in [0.25, 0.3) is 0 Å². The summed E-state index contributed by atoms with van der Waals surface area (Å²) in [6, 6.07) is 4.26. The van der Waals surface area contributed by atoms with Gasteiger partial charge in [0.05, 0.1) is 18.1 Å². The Bertz CT molecular complexity index is 408. The SMILES string of the molecule is COCC(COC)c1ccc(NF)c([N+](=O)[O-])c1. The average Bonchev–Trinajstić information content (AvgIpc) is 2.37. The molecule has 18 heavy (non-hydrogen) atoms. The van der Waals surface area contributed by atoms with Gasteiger partial charge in [-0.15, -0.1) is 4.48 Å². The molecule has 0 aromatic heterocycles. The first-order valence-electron chi connectivity index (χ1n) is 5.26. The summed E-state index contributed by atoms with van der Waals surface area (Å²) < 4.78 is 22.4. The van der Waals surface area contributed by atoms with Gasteiger partial charge in [0.2, 0.25) is 0 Å². The zero-order valence-electron chi connectivity index (χ0n) is 10.2. The zero-order valence-corrected chi connectivity index (χ0v) is 10.2. The summed E-state index contributed by atoms with van der Waals surface area (Å²) in [6.07, 6.45) is 0. The molecule has 0 saturated carbocycles. The van der Waals surface area contributed by atoms with Crippen molar-refractivity contribution in [2.75, 3.05) is 33.0 Å². The van der Waals surface area contributed by atoms with Crippen molar-refractivity contribution in [3.8, 4) is 0 Å². The molecule has 0 saturated heterocycles. The van der Waals surface area contributed by atoms with Crippen LogP contribution in [0.15, 0.2) is 18.2 Å². The van der Waals surface area contributed by atoms with Gasteiger partial charge in [-0.25, -0.2) is 5.54 Å². The lowest BCUT2D eigenvalue weighted by molar-refractivity contribution is -0.384. The molecule has 0 aliphatic carbocycles. The summed E-state index contributed by atoms with van der Waals surface area (Å²) >= 11 is 0. The van der Waals surface area contributed by atoms with E-state index in [-0.39, 0.29) is 17.3 Å². The maximum Gasteiger partial charge on any atom is 0.295 e. The highest BCUT2D eigenvalue weighted by atomic mass is 19.2. The Hall–Kier alpha value is -1.73. The third-order valence-electron chi connectivity index (χ3n) is 2.53. The summed E-state index contributed by atoms with van der Waals surface area (Å²) in [5.41, 5.74) is 1.49. The Balaban J connectivity index is 3.08. The predicted molar refractivity (Wildman–Crippen MR) is 64.3 cm³/mol. The molecule has 1 rings (SSSR count). The molecule has 1 aromatic carbocycles. The van der Waals surface area contributed by atoms with E-state index in [2.05, 4.69) is 0 Å². The average molecular weight is 258 g/mol. The number of benzene rings is 1. The van der Waals surface area contributed by atoms with Crippen molar-refractivity contribution in [1.82, 2.24) is 0 Å². The van der Waals surface area contributed by atoms with Crippen LogP contribution >= 0.6 is 0 Å². The molecular formula is C11H15FN2O4. The second-order valence-electron chi connectivity index (χ2n) is 3.74. The number of methoxy groups -OCH3 is 2. The van der Waals surface area contributed by atoms with E-state index in [1.165, 1.54) is 31.9 Å². The lowest BCUT2D eigenvalue weighted by Crippen LogP contribution is -2.13. The summed E-state index contributed by atoms with van der Waals surface area (Å²) in [6.45, 7) is 0.737. The maximum absolute atomic E-state index is 12.4. The van der Waals surface area contributed by atoms with E-state index in [4.69, 9.17) is 9.47 Å². The Labute approximate surface area is 104 Å². The highest BCUT2D eigenvalue weighted by Crippen LogP contribution is 2.29. The Kier molecular flexibility index (Phi) is 5.47. The molecule has 0 aliphatic heterocycles. The van der Waals surface area contributed by atoms with Gasteiger partial charge in [-0.2, -0.15) is 0 Å². The number of hydrogen-bond acceptors (Lipinski definition) is 5. The molecule has 0 spiro atoms. The normalized spacial score (nSPS) is 10.7. The largest absolute Gasteiger partial charge is 0.384 e. The minimum atomic E-state index is -0.637. The van der Waals surface area contributed by atoms with E-state index >= 15 is 0 Å². The van der Waals surface area contributed by atoms with Crippen LogP contribution in [-0.4, -0.2) is 32.4 Å². The van der Waals surface area contributed by atoms with Gasteiger partial charge in [0.1, 0.15) is 5.69 Å². The van der Waals surface area contributed by atoms with Crippen LogP contribution in [0.5, 0.6) is 0 Å². The van der Waals surface area contributed by atoms with Crippen LogP contribution in [0.3, 0.4) is 0 Å². The molecule has 100 valence electrons. The number of anilines is 1. The van der Waals surface area contributed by atoms with Crippen LogP contribution in [0, 0.1) is 10.1 Å². The van der Waals surface area contributed by atoms with E-state index in [9.17, 15) is 14.6 Å². The standard InChI is InChI=1S/C11H15FN2O4/c1-17-6-9(7-18-2)8-3-4-10(13-12)11(5-8)14(15)16/h3-5,9,13H,6-7H2,1-2H3. The second-order valence-corrected chi connectivity index (χ2v) is 3.74. The van der Waals surface area contributed by atoms with Crippen molar-refractivity contribution >= 4 is 11.4 Å². The molecule has 0 unspecified atom stereocenters. The molecule has 1 aromatic rings. The molecule has 0 amide bonds. The lowest BCUT2D eigenvalue weighted by Gasteiger charge is -2.15. The minimum absolute atomic E-state index is 0.132. The van der Waals surface area contributed by atoms with Crippen molar-refractivity contribution in [3.05, 3.63) is 33.9 Å². The van der Waals surface area contributed by atoms with Gasteiger partial charge in [0, 0.05) is 26.2 Å². The summed E-state index contributed by atoms with van der Waals surface area (Å²) in [5.74, 6) is -0.132. The van der Waals surface area contributed by atoms with Gasteiger partial charge in [-0.05, 0) is 11.6 Å². The number of nitrogens with zero attached hydrogens (tertiary/aromatic N) is 1. The molecule has 0 radical (unpaired) electrons. The Morgan fingerprint density at radius 3 is 2.44 bits per heavy atom. The fourth-order valence-electron chi connectivity index (χ4n) is 1.68. The fourth-order valence-corrected chi connectivity index (χ4v) is 1.68. The van der Waals surface area contributed by atoms with E-state index in [1.807, 2.05) is 0 Å². The number of nitro groups is 1. The van der Waals surface area contributed by atoms with E-state index in [0.717, 1.165) is 0 Å². The summed E-state index contributed by atoms with van der Waals surface area (Å²) in [4.78, 5) is 10.2. The Morgan fingerprint density at radius 1 is 1.39 bits per heavy atom. The van der Waals surface area contributed by atoms with Crippen LogP contribution in [0.1, 0.15) is 11.5 Å². The van der Waals surface area contributed by atoms with Crippen molar-refractivity contribution in [2.45, 2.75) is 5.92 Å². The van der Waals surface area contributed by atoms with E-state index in [1.54, 1.807) is 6.07 Å². The smallest absolute Gasteiger partial charge is 0.295 e. The van der Waals surface area contributed by atoms with Crippen molar-refractivity contribution in [2.24, 2.45) is 0 Å². The van der Waals surface area contributed by atoms with Crippen molar-refractivity contribution < 1.29 is 18.9 Å². The highest BCUT2D eigenvalue weighted by molar-refractivity contribution is 5.61. The monoisotopic (exact) mass is 258 g/mol. The van der Waals surface area contributed by atoms with Crippen LogP contribution < -0.4 is 5.54 Å². The Morgan fingerprint density at radius 2 is 2.00 bits per heavy atom. The van der Waals surface area contributed by atoms with Gasteiger partial charge in [-0.3, -0.25) is 10.1 Å². The van der Waals surface area contributed by atoms with Crippen molar-refractivity contribution in [1.29, 1.82) is 0 Å². The number of halogens is 1. The molecule has 0 heterocycles. The van der Waals surface area contributed by atoms with Gasteiger partial charge in [-0.1, -0.05) is 6.07 Å². The first-order chi connectivity index (χ1) is 8.63. The van der Waals surface area contributed by atoms with Crippen molar-refractivity contribution in [3.63, 3.8) is 0 Å². The van der Waals surface area contributed by atoms with Gasteiger partial charge < -0.3 is 9.47 Å². The predicted octanol–water partition coefficient (Wildman–Crippen LogP) is 2.27. The topological polar surface area (TPSA) is 73.6 Å². The number of ether oxygens (including phenoxy) is 2. The third kappa shape index (κ3) is 3.38. The first-order valence-corrected chi connectivity index (χ1v) is 5.26. The number of rotatable bonds is 7. The lowest BCUT2D eigenvalue weighted by atomic mass is 10.00. The second kappa shape index (κ2) is 6.87. The molecular weight excluding hydrogens is 243 g/mol. The van der Waals surface area contributed by atoms with Crippen LogP contribution in [0.4, 0.5) is 15.9 Å².